The smallest absolute Gasteiger partial charge is 0.330 e. The quantitative estimate of drug-likeness (QED) is 0.668. The topological polar surface area (TPSA) is 83.2 Å². The van der Waals surface area contributed by atoms with E-state index in [9.17, 15) is 4.79 Å². The van der Waals surface area contributed by atoms with E-state index in [4.69, 9.17) is 26.1 Å². The molecule has 31 heavy (non-hydrogen) atoms. The first kappa shape index (κ1) is 19.1. The fourth-order valence-electron chi connectivity index (χ4n) is 5.09. The van der Waals surface area contributed by atoms with Crippen LogP contribution in [0.3, 0.4) is 0 Å². The maximum absolute atomic E-state index is 13.1. The number of ether oxygens (including phenoxy) is 2. The van der Waals surface area contributed by atoms with Crippen molar-refractivity contribution in [1.29, 1.82) is 0 Å². The van der Waals surface area contributed by atoms with E-state index in [1.807, 2.05) is 16.7 Å². The van der Waals surface area contributed by atoms with Crippen LogP contribution < -0.4 is 15.7 Å². The highest BCUT2D eigenvalue weighted by molar-refractivity contribution is 6.33. The van der Waals surface area contributed by atoms with E-state index in [2.05, 4.69) is 10.3 Å². The summed E-state index contributed by atoms with van der Waals surface area (Å²) in [6, 6.07) is 3.95. The fraction of sp³-hybridized carbons (Fsp3) is 0.500. The minimum Gasteiger partial charge on any atom is -0.493 e. The molecular weight excluding hydrogens is 418 g/mol. The van der Waals surface area contributed by atoms with Crippen LogP contribution in [0.1, 0.15) is 37.3 Å². The predicted molar refractivity (Wildman–Crippen MR) is 117 cm³/mol. The van der Waals surface area contributed by atoms with Gasteiger partial charge in [-0.15, -0.1) is 0 Å². The lowest BCUT2D eigenvalue weighted by Crippen LogP contribution is -2.46. The van der Waals surface area contributed by atoms with Crippen molar-refractivity contribution in [3.8, 4) is 5.75 Å². The van der Waals surface area contributed by atoms with Crippen LogP contribution in [0.4, 0.5) is 11.6 Å². The summed E-state index contributed by atoms with van der Waals surface area (Å²) in [4.78, 5) is 22.2. The molecule has 1 N–H and O–H groups in total. The Morgan fingerprint density at radius 3 is 2.81 bits per heavy atom. The minimum atomic E-state index is -0.0417. The second-order valence-electron chi connectivity index (χ2n) is 9.00. The van der Waals surface area contributed by atoms with E-state index >= 15 is 0 Å². The molecule has 0 amide bonds. The van der Waals surface area contributed by atoms with Gasteiger partial charge < -0.3 is 14.8 Å². The van der Waals surface area contributed by atoms with Gasteiger partial charge in [-0.3, -0.25) is 9.13 Å². The Morgan fingerprint density at radius 2 is 2.06 bits per heavy atom. The van der Waals surface area contributed by atoms with Crippen LogP contribution in [0.15, 0.2) is 23.1 Å². The Hall–Kier alpha value is -2.58. The maximum Gasteiger partial charge on any atom is 0.330 e. The number of rotatable bonds is 3. The molecule has 1 spiro atoms. The Kier molecular flexibility index (Phi) is 4.30. The van der Waals surface area contributed by atoms with Crippen molar-refractivity contribution in [3.05, 3.63) is 39.4 Å². The number of fused-ring (bicyclic) bond motifs is 2. The lowest BCUT2D eigenvalue weighted by Gasteiger charge is -2.46. The van der Waals surface area contributed by atoms with Gasteiger partial charge in [0.05, 0.1) is 36.7 Å². The monoisotopic (exact) mass is 441 g/mol. The average molecular weight is 442 g/mol. The number of aromatic nitrogens is 4. The molecule has 6 rings (SSSR count). The number of nitrogens with one attached hydrogen (secondary N) is 1. The summed E-state index contributed by atoms with van der Waals surface area (Å²) in [6.07, 6.45) is 6.66. The molecule has 1 aromatic carbocycles. The second kappa shape index (κ2) is 6.97. The Morgan fingerprint density at radius 1 is 1.26 bits per heavy atom. The Bertz CT molecular complexity index is 1240. The van der Waals surface area contributed by atoms with Gasteiger partial charge in [0.15, 0.2) is 5.65 Å². The van der Waals surface area contributed by atoms with Crippen LogP contribution in [0, 0.1) is 5.41 Å². The van der Waals surface area contributed by atoms with Gasteiger partial charge in [-0.1, -0.05) is 11.6 Å². The third kappa shape index (κ3) is 3.03. The van der Waals surface area contributed by atoms with E-state index in [1.165, 1.54) is 0 Å². The molecule has 162 valence electrons. The molecule has 1 saturated carbocycles. The van der Waals surface area contributed by atoms with Gasteiger partial charge in [0.1, 0.15) is 11.3 Å². The molecule has 0 bridgehead atoms. The Balaban J connectivity index is 1.35. The van der Waals surface area contributed by atoms with Crippen molar-refractivity contribution in [3.63, 3.8) is 0 Å². The molecule has 1 saturated heterocycles. The van der Waals surface area contributed by atoms with E-state index in [-0.39, 0.29) is 11.7 Å². The lowest BCUT2D eigenvalue weighted by molar-refractivity contribution is -0.135. The van der Waals surface area contributed by atoms with E-state index in [0.29, 0.717) is 28.6 Å². The van der Waals surface area contributed by atoms with Crippen molar-refractivity contribution in [2.75, 3.05) is 25.1 Å². The van der Waals surface area contributed by atoms with Crippen LogP contribution in [0.5, 0.6) is 5.75 Å². The number of hydrogen-bond donors (Lipinski definition) is 1. The SMILES string of the molecule is Cn1c(=O)n(C2CCC3(CC2)COC3)c2nc(Nc3cc4c(cc3Cl)OCC4)ncc21. The summed E-state index contributed by atoms with van der Waals surface area (Å²) in [5.74, 6) is 1.25. The number of anilines is 2. The number of hydrogen-bond acceptors (Lipinski definition) is 6. The number of halogens is 1. The first-order valence-electron chi connectivity index (χ1n) is 10.8. The van der Waals surface area contributed by atoms with Crippen molar-refractivity contribution in [1.82, 2.24) is 19.1 Å². The highest BCUT2D eigenvalue weighted by Gasteiger charge is 2.42. The molecule has 0 unspecified atom stereocenters. The lowest BCUT2D eigenvalue weighted by atomic mass is 9.71. The first-order valence-corrected chi connectivity index (χ1v) is 11.1. The molecule has 8 nitrogen and oxygen atoms in total. The molecule has 3 aliphatic rings. The third-order valence-corrected chi connectivity index (χ3v) is 7.37. The van der Waals surface area contributed by atoms with E-state index in [1.54, 1.807) is 17.8 Å². The number of aryl methyl sites for hydroxylation is 1. The predicted octanol–water partition coefficient (Wildman–Crippen LogP) is 3.59. The second-order valence-corrected chi connectivity index (χ2v) is 9.41. The van der Waals surface area contributed by atoms with Crippen LogP contribution in [0.25, 0.3) is 11.2 Å². The zero-order valence-electron chi connectivity index (χ0n) is 17.4. The van der Waals surface area contributed by atoms with Gasteiger partial charge in [-0.05, 0) is 37.3 Å². The van der Waals surface area contributed by atoms with Gasteiger partial charge in [0.2, 0.25) is 5.95 Å². The summed E-state index contributed by atoms with van der Waals surface area (Å²) in [5, 5.41) is 3.78. The molecular formula is C22H24ClN5O3. The fourth-order valence-corrected chi connectivity index (χ4v) is 5.30. The van der Waals surface area contributed by atoms with Gasteiger partial charge >= 0.3 is 5.69 Å². The van der Waals surface area contributed by atoms with Crippen molar-refractivity contribution in [2.45, 2.75) is 38.1 Å². The highest BCUT2D eigenvalue weighted by atomic mass is 35.5. The molecule has 0 atom stereocenters. The summed E-state index contributed by atoms with van der Waals surface area (Å²) < 4.78 is 14.5. The molecule has 1 aliphatic carbocycles. The van der Waals surface area contributed by atoms with Crippen molar-refractivity contribution >= 4 is 34.4 Å². The number of benzene rings is 1. The molecule has 9 heteroatoms. The van der Waals surface area contributed by atoms with E-state index in [0.717, 1.165) is 67.8 Å². The molecule has 0 radical (unpaired) electrons. The third-order valence-electron chi connectivity index (χ3n) is 7.06. The molecule has 4 heterocycles. The van der Waals surface area contributed by atoms with Crippen LogP contribution in [-0.4, -0.2) is 38.9 Å². The maximum atomic E-state index is 13.1. The highest BCUT2D eigenvalue weighted by Crippen LogP contribution is 2.45. The summed E-state index contributed by atoms with van der Waals surface area (Å²) in [5.41, 5.74) is 3.54. The number of nitrogens with zero attached hydrogens (tertiary/aromatic N) is 4. The largest absolute Gasteiger partial charge is 0.493 e. The molecule has 2 aromatic heterocycles. The van der Waals surface area contributed by atoms with E-state index < -0.39 is 0 Å². The minimum absolute atomic E-state index is 0.0417. The zero-order chi connectivity index (χ0) is 21.2. The molecule has 3 aromatic rings. The standard InChI is InChI=1S/C22H24ClN5O3/c1-27-17-10-24-20(25-16-8-13-4-7-31-18(13)9-15(16)23)26-19(17)28(21(27)29)14-2-5-22(6-3-14)11-30-12-22/h8-10,14H,2-7,11-12H2,1H3,(H,24,25,26). The average Bonchev–Trinajstić information content (AvgIpc) is 3.29. The molecule has 2 fully saturated rings. The summed E-state index contributed by atoms with van der Waals surface area (Å²) in [6.45, 7) is 2.38. The van der Waals surface area contributed by atoms with Crippen LogP contribution in [0.2, 0.25) is 5.02 Å². The van der Waals surface area contributed by atoms with Crippen LogP contribution >= 0.6 is 11.6 Å². The van der Waals surface area contributed by atoms with Gasteiger partial charge in [0.25, 0.3) is 0 Å². The normalized spacial score (nSPS) is 19.9. The first-order chi connectivity index (χ1) is 15.0. The Labute approximate surface area is 184 Å². The van der Waals surface area contributed by atoms with Gasteiger partial charge in [-0.2, -0.15) is 4.98 Å². The summed E-state index contributed by atoms with van der Waals surface area (Å²) >= 11 is 6.44. The zero-order valence-corrected chi connectivity index (χ0v) is 18.1. The van der Waals surface area contributed by atoms with Gasteiger partial charge in [0, 0.05) is 31.0 Å². The van der Waals surface area contributed by atoms with Crippen molar-refractivity contribution < 1.29 is 9.47 Å². The van der Waals surface area contributed by atoms with Crippen LogP contribution in [-0.2, 0) is 18.2 Å². The molecule has 2 aliphatic heterocycles. The van der Waals surface area contributed by atoms with Crippen molar-refractivity contribution in [2.24, 2.45) is 12.5 Å². The number of imidazole rings is 1. The summed E-state index contributed by atoms with van der Waals surface area (Å²) in [7, 11) is 1.78. The van der Waals surface area contributed by atoms with Gasteiger partial charge in [-0.25, -0.2) is 9.78 Å².